The van der Waals surface area contributed by atoms with E-state index < -0.39 is 5.97 Å². The van der Waals surface area contributed by atoms with Crippen LogP contribution in [0.3, 0.4) is 0 Å². The van der Waals surface area contributed by atoms with Gasteiger partial charge < -0.3 is 9.67 Å². The van der Waals surface area contributed by atoms with Gasteiger partial charge in [0.2, 0.25) is 0 Å². The van der Waals surface area contributed by atoms with Gasteiger partial charge in [-0.3, -0.25) is 4.79 Å². The van der Waals surface area contributed by atoms with E-state index in [0.717, 1.165) is 46.6 Å². The van der Waals surface area contributed by atoms with Crippen molar-refractivity contribution in [1.82, 2.24) is 14.5 Å². The summed E-state index contributed by atoms with van der Waals surface area (Å²) in [6.07, 6.45) is 4.08. The monoisotopic (exact) mass is 439 g/mol. The molecule has 168 valence electrons. The summed E-state index contributed by atoms with van der Waals surface area (Å²) >= 11 is 0. The third-order valence-corrected chi connectivity index (χ3v) is 6.42. The smallest absolute Gasteiger partial charge is 0.303 e. The number of carboxylic acid groups (broad SMARTS) is 1. The average Bonchev–Trinajstić information content (AvgIpc) is 3.59. The molecule has 2 aromatic carbocycles. The molecule has 1 N–H and O–H groups in total. The summed E-state index contributed by atoms with van der Waals surface area (Å²) in [7, 11) is 0. The number of aryl methyl sites for hydroxylation is 3. The van der Waals surface area contributed by atoms with Crippen LogP contribution in [0.4, 0.5) is 0 Å². The second-order valence-electron chi connectivity index (χ2n) is 9.21. The lowest BCUT2D eigenvalue weighted by Crippen LogP contribution is -2.05. The second kappa shape index (κ2) is 8.81. The Balaban J connectivity index is 1.64. The van der Waals surface area contributed by atoms with Gasteiger partial charge in [-0.25, -0.2) is 9.97 Å². The number of carboxylic acids is 1. The predicted octanol–water partition coefficient (Wildman–Crippen LogP) is 6.51. The van der Waals surface area contributed by atoms with E-state index in [4.69, 9.17) is 15.1 Å². The molecule has 2 heterocycles. The second-order valence-corrected chi connectivity index (χ2v) is 9.21. The molecule has 0 saturated heterocycles. The molecule has 0 bridgehead atoms. The first kappa shape index (κ1) is 21.4. The maximum Gasteiger partial charge on any atom is 0.303 e. The van der Waals surface area contributed by atoms with Gasteiger partial charge >= 0.3 is 5.97 Å². The van der Waals surface area contributed by atoms with Crippen molar-refractivity contribution in [2.45, 2.75) is 58.4 Å². The molecule has 4 aromatic rings. The van der Waals surface area contributed by atoms with E-state index in [9.17, 15) is 4.79 Å². The summed E-state index contributed by atoms with van der Waals surface area (Å²) in [6, 6.07) is 19.1. The van der Waals surface area contributed by atoms with E-state index in [1.807, 2.05) is 0 Å². The normalized spacial score (nSPS) is 13.5. The van der Waals surface area contributed by atoms with Crippen LogP contribution in [0.1, 0.15) is 54.8 Å². The predicted molar refractivity (Wildman–Crippen MR) is 131 cm³/mol. The van der Waals surface area contributed by atoms with Crippen molar-refractivity contribution in [3.05, 3.63) is 71.4 Å². The molecule has 1 aliphatic carbocycles. The van der Waals surface area contributed by atoms with E-state index in [1.165, 1.54) is 29.7 Å². The summed E-state index contributed by atoms with van der Waals surface area (Å²) in [4.78, 5) is 21.3. The SMILES string of the molecule is Cc1ccc(-c2nc3cc(C4CC4)n(CCCCC(=O)O)c3nc2-c2ccc(C)cc2)cc1. The molecule has 0 aliphatic heterocycles. The first-order valence-electron chi connectivity index (χ1n) is 11.8. The Morgan fingerprint density at radius 3 is 2.03 bits per heavy atom. The molecular formula is C28H29N3O2. The molecule has 1 aliphatic rings. The first-order chi connectivity index (χ1) is 16.0. The highest BCUT2D eigenvalue weighted by Crippen LogP contribution is 2.43. The minimum absolute atomic E-state index is 0.204. The van der Waals surface area contributed by atoms with E-state index in [0.29, 0.717) is 12.3 Å². The van der Waals surface area contributed by atoms with Gasteiger partial charge in [-0.15, -0.1) is 0 Å². The quantitative estimate of drug-likeness (QED) is 0.318. The van der Waals surface area contributed by atoms with Gasteiger partial charge in [0.05, 0.1) is 11.4 Å². The number of benzene rings is 2. The van der Waals surface area contributed by atoms with Crippen LogP contribution in [0, 0.1) is 13.8 Å². The van der Waals surface area contributed by atoms with Gasteiger partial charge in [0, 0.05) is 29.8 Å². The molecule has 5 heteroatoms. The third kappa shape index (κ3) is 4.54. The number of rotatable bonds is 8. The molecular weight excluding hydrogens is 410 g/mol. The first-order valence-corrected chi connectivity index (χ1v) is 11.8. The van der Waals surface area contributed by atoms with Crippen molar-refractivity contribution in [3.8, 4) is 22.5 Å². The van der Waals surface area contributed by atoms with Gasteiger partial charge in [-0.1, -0.05) is 59.7 Å². The Kier molecular flexibility index (Phi) is 5.71. The Bertz CT molecular complexity index is 1300. The van der Waals surface area contributed by atoms with Crippen molar-refractivity contribution in [2.24, 2.45) is 0 Å². The highest BCUT2D eigenvalue weighted by atomic mass is 16.4. The summed E-state index contributed by atoms with van der Waals surface area (Å²) in [5.74, 6) is -0.176. The van der Waals surface area contributed by atoms with E-state index in [2.05, 4.69) is 73.0 Å². The number of carbonyl (C=O) groups is 1. The molecule has 0 amide bonds. The van der Waals surface area contributed by atoms with Crippen LogP contribution in [0.2, 0.25) is 0 Å². The molecule has 0 radical (unpaired) electrons. The Hall–Kier alpha value is -3.47. The van der Waals surface area contributed by atoms with Crippen LogP contribution >= 0.6 is 0 Å². The number of fused-ring (bicyclic) bond motifs is 1. The Morgan fingerprint density at radius 2 is 1.48 bits per heavy atom. The van der Waals surface area contributed by atoms with Crippen molar-refractivity contribution in [1.29, 1.82) is 0 Å². The molecule has 5 nitrogen and oxygen atoms in total. The van der Waals surface area contributed by atoms with Crippen LogP contribution in [0.5, 0.6) is 0 Å². The van der Waals surface area contributed by atoms with Gasteiger partial charge in [-0.2, -0.15) is 0 Å². The fourth-order valence-corrected chi connectivity index (χ4v) is 4.40. The minimum Gasteiger partial charge on any atom is -0.481 e. The fourth-order valence-electron chi connectivity index (χ4n) is 4.40. The lowest BCUT2D eigenvalue weighted by molar-refractivity contribution is -0.137. The van der Waals surface area contributed by atoms with Crippen molar-refractivity contribution in [3.63, 3.8) is 0 Å². The average molecular weight is 440 g/mol. The van der Waals surface area contributed by atoms with Gasteiger partial charge in [-0.05, 0) is 51.5 Å². The molecule has 2 aromatic heterocycles. The fraction of sp³-hybridized carbons (Fsp3) is 0.321. The topological polar surface area (TPSA) is 68.0 Å². The maximum atomic E-state index is 10.9. The third-order valence-electron chi connectivity index (χ3n) is 6.42. The van der Waals surface area contributed by atoms with Gasteiger partial charge in [0.15, 0.2) is 5.65 Å². The summed E-state index contributed by atoms with van der Waals surface area (Å²) in [5.41, 5.74) is 9.44. The largest absolute Gasteiger partial charge is 0.481 e. The number of unbranched alkanes of at least 4 members (excludes halogenated alkanes) is 1. The van der Waals surface area contributed by atoms with E-state index >= 15 is 0 Å². The number of aliphatic carboxylic acids is 1. The zero-order valence-electron chi connectivity index (χ0n) is 19.2. The molecule has 0 unspecified atom stereocenters. The Morgan fingerprint density at radius 1 is 0.909 bits per heavy atom. The van der Waals surface area contributed by atoms with Crippen molar-refractivity contribution < 1.29 is 9.90 Å². The van der Waals surface area contributed by atoms with E-state index in [1.54, 1.807) is 0 Å². The minimum atomic E-state index is -0.737. The van der Waals surface area contributed by atoms with Crippen molar-refractivity contribution in [2.75, 3.05) is 0 Å². The molecule has 5 rings (SSSR count). The van der Waals surface area contributed by atoms with Gasteiger partial charge in [0.1, 0.15) is 5.52 Å². The maximum absolute atomic E-state index is 10.9. The summed E-state index contributed by atoms with van der Waals surface area (Å²) < 4.78 is 2.29. The van der Waals surface area contributed by atoms with E-state index in [-0.39, 0.29) is 6.42 Å². The zero-order chi connectivity index (χ0) is 22.9. The number of nitrogens with zero attached hydrogens (tertiary/aromatic N) is 3. The molecule has 0 atom stereocenters. The van der Waals surface area contributed by atoms with Crippen LogP contribution in [-0.2, 0) is 11.3 Å². The van der Waals surface area contributed by atoms with Gasteiger partial charge in [0.25, 0.3) is 0 Å². The zero-order valence-corrected chi connectivity index (χ0v) is 19.2. The van der Waals surface area contributed by atoms with Crippen LogP contribution < -0.4 is 0 Å². The molecule has 0 spiro atoms. The Labute approximate surface area is 194 Å². The number of aromatic nitrogens is 3. The number of hydrogen-bond donors (Lipinski definition) is 1. The van der Waals surface area contributed by atoms with Crippen LogP contribution in [0.25, 0.3) is 33.7 Å². The standard InChI is InChI=1S/C28H29N3O2/c1-18-6-10-21(11-7-18)26-27(22-12-8-19(2)9-13-22)30-28-23(29-26)17-24(20-14-15-20)31(28)16-4-3-5-25(32)33/h6-13,17,20H,3-5,14-16H2,1-2H3,(H,32,33). The van der Waals surface area contributed by atoms with Crippen LogP contribution in [-0.4, -0.2) is 25.6 Å². The van der Waals surface area contributed by atoms with Crippen molar-refractivity contribution >= 4 is 17.1 Å². The summed E-state index contributed by atoms with van der Waals surface area (Å²) in [6.45, 7) is 4.95. The highest BCUT2D eigenvalue weighted by molar-refractivity contribution is 5.86. The lowest BCUT2D eigenvalue weighted by Gasteiger charge is -2.13. The lowest BCUT2D eigenvalue weighted by atomic mass is 10.0. The summed E-state index contributed by atoms with van der Waals surface area (Å²) in [5, 5.41) is 9.00. The van der Waals surface area contributed by atoms with Crippen LogP contribution in [0.15, 0.2) is 54.6 Å². The molecule has 33 heavy (non-hydrogen) atoms. The molecule has 1 saturated carbocycles. The number of hydrogen-bond acceptors (Lipinski definition) is 3. The molecule has 1 fully saturated rings. The highest BCUT2D eigenvalue weighted by Gasteiger charge is 2.29.